The van der Waals surface area contributed by atoms with Crippen molar-refractivity contribution in [3.05, 3.63) is 102 Å². The Morgan fingerprint density at radius 2 is 1.36 bits per heavy atom. The van der Waals surface area contributed by atoms with Crippen LogP contribution in [0.5, 0.6) is 5.75 Å². The number of nitrogens with one attached hydrogen (secondary N) is 1. The molecule has 126 valence electrons. The lowest BCUT2D eigenvalue weighted by Gasteiger charge is -2.14. The van der Waals surface area contributed by atoms with Gasteiger partial charge in [0.25, 0.3) is 0 Å². The van der Waals surface area contributed by atoms with Crippen LogP contribution in [0.2, 0.25) is 0 Å². The van der Waals surface area contributed by atoms with Gasteiger partial charge in [0.1, 0.15) is 17.3 Å². The molecular weight excluding hydrogens is 326 g/mol. The van der Waals surface area contributed by atoms with E-state index in [4.69, 9.17) is 17.0 Å². The van der Waals surface area contributed by atoms with Crippen molar-refractivity contribution in [3.8, 4) is 5.75 Å². The summed E-state index contributed by atoms with van der Waals surface area (Å²) in [5.41, 5.74) is 3.37. The van der Waals surface area contributed by atoms with Gasteiger partial charge >= 0.3 is 0 Å². The first kappa shape index (κ1) is 17.2. The highest BCUT2D eigenvalue weighted by Gasteiger charge is 2.08. The summed E-state index contributed by atoms with van der Waals surface area (Å²) in [4.78, 5) is 0.722. The quantitative estimate of drug-likeness (QED) is 0.622. The molecule has 0 heterocycles. The molecule has 2 nitrogen and oxygen atoms in total. The molecule has 0 amide bonds. The smallest absolute Gasteiger partial charge is 0.129 e. The molecule has 0 fully saturated rings. The average Bonchev–Trinajstić information content (AvgIpc) is 2.68. The summed E-state index contributed by atoms with van der Waals surface area (Å²) >= 11 is 5.56. The number of hydrogen-bond acceptors (Lipinski definition) is 2. The van der Waals surface area contributed by atoms with Crippen molar-refractivity contribution in [1.29, 1.82) is 0 Å². The molecule has 0 saturated heterocycles. The molecule has 0 aliphatic rings. The highest BCUT2D eigenvalue weighted by molar-refractivity contribution is 7.80. The van der Waals surface area contributed by atoms with E-state index >= 15 is 0 Å². The standard InChI is InChI=1S/C22H21NOS/c25-22(23-16-15-18-9-3-1-4-10-18)20-13-7-8-14-21(20)24-17-19-11-5-2-6-12-19/h1-14H,15-17H2,(H,23,25). The van der Waals surface area contributed by atoms with Crippen molar-refractivity contribution in [2.75, 3.05) is 6.54 Å². The van der Waals surface area contributed by atoms with Crippen LogP contribution < -0.4 is 10.1 Å². The Labute approximate surface area is 154 Å². The molecule has 0 atom stereocenters. The lowest BCUT2D eigenvalue weighted by atomic mass is 10.1. The fourth-order valence-electron chi connectivity index (χ4n) is 2.58. The van der Waals surface area contributed by atoms with Gasteiger partial charge in [0.15, 0.2) is 0 Å². The van der Waals surface area contributed by atoms with Crippen LogP contribution in [-0.2, 0) is 13.0 Å². The van der Waals surface area contributed by atoms with Crippen molar-refractivity contribution < 1.29 is 4.74 Å². The Morgan fingerprint density at radius 1 is 0.760 bits per heavy atom. The number of benzene rings is 3. The van der Waals surface area contributed by atoms with Gasteiger partial charge in [0.05, 0.1) is 5.56 Å². The van der Waals surface area contributed by atoms with Crippen molar-refractivity contribution >= 4 is 17.2 Å². The maximum absolute atomic E-state index is 5.98. The maximum atomic E-state index is 5.98. The largest absolute Gasteiger partial charge is 0.488 e. The monoisotopic (exact) mass is 347 g/mol. The number of rotatable bonds is 7. The Morgan fingerprint density at radius 3 is 2.08 bits per heavy atom. The molecule has 0 aliphatic carbocycles. The van der Waals surface area contributed by atoms with Gasteiger partial charge in [-0.15, -0.1) is 0 Å². The minimum Gasteiger partial charge on any atom is -0.488 e. The first-order valence-corrected chi connectivity index (χ1v) is 8.81. The molecule has 0 aromatic heterocycles. The van der Waals surface area contributed by atoms with Gasteiger partial charge in [-0.05, 0) is 29.7 Å². The van der Waals surface area contributed by atoms with Crippen molar-refractivity contribution in [3.63, 3.8) is 0 Å². The summed E-state index contributed by atoms with van der Waals surface area (Å²) in [6.45, 7) is 1.33. The SMILES string of the molecule is S=C(NCCc1ccccc1)c1ccccc1OCc1ccccc1. The van der Waals surface area contributed by atoms with E-state index in [9.17, 15) is 0 Å². The molecule has 3 heteroatoms. The number of hydrogen-bond donors (Lipinski definition) is 1. The summed E-state index contributed by atoms with van der Waals surface area (Å²) in [7, 11) is 0. The van der Waals surface area contributed by atoms with E-state index in [0.717, 1.165) is 34.8 Å². The van der Waals surface area contributed by atoms with Crippen LogP contribution in [0.25, 0.3) is 0 Å². The molecule has 0 saturated carbocycles. The maximum Gasteiger partial charge on any atom is 0.129 e. The van der Waals surface area contributed by atoms with Gasteiger partial charge in [0.2, 0.25) is 0 Å². The van der Waals surface area contributed by atoms with Crippen LogP contribution in [0, 0.1) is 0 Å². The second-order valence-electron chi connectivity index (χ2n) is 5.76. The second kappa shape index (κ2) is 9.00. The Balaban J connectivity index is 1.58. The predicted octanol–water partition coefficient (Wildman–Crippen LogP) is 4.77. The molecule has 3 aromatic carbocycles. The highest BCUT2D eigenvalue weighted by Crippen LogP contribution is 2.20. The molecule has 25 heavy (non-hydrogen) atoms. The van der Waals surface area contributed by atoms with E-state index in [2.05, 4.69) is 41.7 Å². The third-order valence-electron chi connectivity index (χ3n) is 3.91. The Hall–Kier alpha value is -2.65. The van der Waals surface area contributed by atoms with E-state index < -0.39 is 0 Å². The van der Waals surface area contributed by atoms with E-state index in [1.807, 2.05) is 48.5 Å². The van der Waals surface area contributed by atoms with Gasteiger partial charge in [-0.25, -0.2) is 0 Å². The van der Waals surface area contributed by atoms with Crippen molar-refractivity contribution in [1.82, 2.24) is 5.32 Å². The summed E-state index contributed by atoms with van der Waals surface area (Å²) in [5, 5.41) is 3.34. The molecule has 0 radical (unpaired) electrons. The van der Waals surface area contributed by atoms with Crippen LogP contribution in [0.1, 0.15) is 16.7 Å². The topological polar surface area (TPSA) is 21.3 Å². The first-order chi connectivity index (χ1) is 12.3. The third-order valence-corrected chi connectivity index (χ3v) is 4.28. The lowest BCUT2D eigenvalue weighted by Crippen LogP contribution is -2.25. The summed E-state index contributed by atoms with van der Waals surface area (Å²) < 4.78 is 5.98. The molecule has 0 unspecified atom stereocenters. The molecule has 3 rings (SSSR count). The van der Waals surface area contributed by atoms with Gasteiger partial charge in [0, 0.05) is 6.54 Å². The molecule has 0 bridgehead atoms. The van der Waals surface area contributed by atoms with Gasteiger partial charge in [-0.1, -0.05) is 85.0 Å². The van der Waals surface area contributed by atoms with E-state index in [0.29, 0.717) is 6.61 Å². The minimum absolute atomic E-state index is 0.532. The van der Waals surface area contributed by atoms with Gasteiger partial charge < -0.3 is 10.1 Å². The van der Waals surface area contributed by atoms with Crippen LogP contribution in [0.4, 0.5) is 0 Å². The number of para-hydroxylation sites is 1. The summed E-state index contributed by atoms with van der Waals surface area (Å²) in [5.74, 6) is 0.809. The lowest BCUT2D eigenvalue weighted by molar-refractivity contribution is 0.305. The third kappa shape index (κ3) is 5.16. The number of thiocarbonyl (C=S) groups is 1. The number of ether oxygens (including phenoxy) is 1. The van der Waals surface area contributed by atoms with Crippen LogP contribution in [-0.4, -0.2) is 11.5 Å². The van der Waals surface area contributed by atoms with Crippen molar-refractivity contribution in [2.45, 2.75) is 13.0 Å². The second-order valence-corrected chi connectivity index (χ2v) is 6.17. The minimum atomic E-state index is 0.532. The average molecular weight is 347 g/mol. The van der Waals surface area contributed by atoms with Crippen LogP contribution in [0.15, 0.2) is 84.9 Å². The van der Waals surface area contributed by atoms with Crippen LogP contribution >= 0.6 is 12.2 Å². The molecule has 3 aromatic rings. The normalized spacial score (nSPS) is 10.2. The Bertz CT molecular complexity index is 803. The molecule has 0 spiro atoms. The summed E-state index contributed by atoms with van der Waals surface area (Å²) in [6.07, 6.45) is 0.939. The molecular formula is C22H21NOS. The van der Waals surface area contributed by atoms with Crippen molar-refractivity contribution in [2.24, 2.45) is 0 Å². The fourth-order valence-corrected chi connectivity index (χ4v) is 2.85. The predicted molar refractivity (Wildman–Crippen MR) is 107 cm³/mol. The fraction of sp³-hybridized carbons (Fsp3) is 0.136. The van der Waals surface area contributed by atoms with E-state index in [-0.39, 0.29) is 0 Å². The zero-order valence-corrected chi connectivity index (χ0v) is 14.8. The van der Waals surface area contributed by atoms with Crippen LogP contribution in [0.3, 0.4) is 0 Å². The zero-order valence-electron chi connectivity index (χ0n) is 14.0. The first-order valence-electron chi connectivity index (χ1n) is 8.41. The van der Waals surface area contributed by atoms with Gasteiger partial charge in [-0.3, -0.25) is 0 Å². The molecule has 0 aliphatic heterocycles. The van der Waals surface area contributed by atoms with Gasteiger partial charge in [-0.2, -0.15) is 0 Å². The van der Waals surface area contributed by atoms with E-state index in [1.54, 1.807) is 0 Å². The Kier molecular flexibility index (Phi) is 6.18. The highest BCUT2D eigenvalue weighted by atomic mass is 32.1. The molecule has 1 N–H and O–H groups in total. The zero-order chi connectivity index (χ0) is 17.3. The summed E-state index contributed by atoms with van der Waals surface area (Å²) in [6, 6.07) is 28.4. The van der Waals surface area contributed by atoms with E-state index in [1.165, 1.54) is 5.56 Å².